The average molecular weight is 287 g/mol. The highest BCUT2D eigenvalue weighted by molar-refractivity contribution is 9.10. The summed E-state index contributed by atoms with van der Waals surface area (Å²) in [6, 6.07) is 8.42. The van der Waals surface area contributed by atoms with Crippen LogP contribution in [0.1, 0.15) is 25.5 Å². The lowest BCUT2D eigenvalue weighted by molar-refractivity contribution is 0.702. The van der Waals surface area contributed by atoms with Crippen LogP contribution in [0.3, 0.4) is 0 Å². The van der Waals surface area contributed by atoms with Crippen molar-refractivity contribution in [3.8, 4) is 0 Å². The Morgan fingerprint density at radius 3 is 2.87 bits per heavy atom. The molecule has 4 heteroatoms. The van der Waals surface area contributed by atoms with Crippen molar-refractivity contribution in [3.63, 3.8) is 0 Å². The fourth-order valence-corrected chi connectivity index (χ4v) is 2.01. The van der Waals surface area contributed by atoms with Gasteiger partial charge < -0.3 is 10.6 Å². The highest BCUT2D eigenvalue weighted by atomic mass is 79.9. The topological polar surface area (TPSA) is 24.1 Å². The highest BCUT2D eigenvalue weighted by Crippen LogP contribution is 2.17. The predicted molar refractivity (Wildman–Crippen MR) is 72.0 cm³/mol. The fraction of sp³-hybridized carbons (Fsp3) is 0.364. The van der Waals surface area contributed by atoms with E-state index in [2.05, 4.69) is 45.6 Å². The third kappa shape index (κ3) is 4.18. The van der Waals surface area contributed by atoms with Gasteiger partial charge in [-0.3, -0.25) is 0 Å². The van der Waals surface area contributed by atoms with Crippen molar-refractivity contribution >= 4 is 33.3 Å². The van der Waals surface area contributed by atoms with Crippen LogP contribution in [0.2, 0.25) is 0 Å². The first kappa shape index (κ1) is 12.5. The van der Waals surface area contributed by atoms with Crippen molar-refractivity contribution in [2.24, 2.45) is 0 Å². The maximum Gasteiger partial charge on any atom is 0.166 e. The lowest BCUT2D eigenvalue weighted by Gasteiger charge is -2.16. The van der Waals surface area contributed by atoms with E-state index >= 15 is 0 Å². The molecule has 0 bridgehead atoms. The van der Waals surface area contributed by atoms with Crippen molar-refractivity contribution in [3.05, 3.63) is 34.3 Å². The van der Waals surface area contributed by atoms with Crippen molar-refractivity contribution in [2.75, 3.05) is 6.54 Å². The molecule has 0 aromatic heterocycles. The molecule has 0 saturated heterocycles. The predicted octanol–water partition coefficient (Wildman–Crippen LogP) is 2.99. The zero-order valence-electron chi connectivity index (χ0n) is 8.88. The van der Waals surface area contributed by atoms with Crippen LogP contribution >= 0.6 is 28.1 Å². The number of hydrogen-bond acceptors (Lipinski definition) is 1. The minimum atomic E-state index is 0.217. The Morgan fingerprint density at radius 2 is 2.27 bits per heavy atom. The summed E-state index contributed by atoms with van der Waals surface area (Å²) in [5, 5.41) is 6.99. The Hall–Kier alpha value is -0.610. The summed E-state index contributed by atoms with van der Waals surface area (Å²) < 4.78 is 1.09. The first-order valence-electron chi connectivity index (χ1n) is 4.93. The van der Waals surface area contributed by atoms with E-state index in [1.54, 1.807) is 0 Å². The Kier molecular flexibility index (Phi) is 5.05. The number of benzene rings is 1. The second-order valence-electron chi connectivity index (χ2n) is 3.28. The fourth-order valence-electron chi connectivity index (χ4n) is 1.27. The minimum absolute atomic E-state index is 0.217. The maximum absolute atomic E-state index is 5.13. The first-order chi connectivity index (χ1) is 7.13. The van der Waals surface area contributed by atoms with Gasteiger partial charge in [0, 0.05) is 11.0 Å². The number of thiocarbonyl (C=S) groups is 1. The third-order valence-electron chi connectivity index (χ3n) is 2.03. The SMILES string of the molecule is CCNC(=S)NC(C)c1cccc(Br)c1. The van der Waals surface area contributed by atoms with Gasteiger partial charge in [-0.15, -0.1) is 0 Å². The van der Waals surface area contributed by atoms with E-state index in [1.807, 2.05) is 19.1 Å². The normalized spacial score (nSPS) is 11.9. The average Bonchev–Trinajstić information content (AvgIpc) is 2.18. The largest absolute Gasteiger partial charge is 0.363 e. The van der Waals surface area contributed by atoms with Gasteiger partial charge >= 0.3 is 0 Å². The third-order valence-corrected chi connectivity index (χ3v) is 2.79. The van der Waals surface area contributed by atoms with Crippen LogP contribution in [0.25, 0.3) is 0 Å². The molecule has 1 atom stereocenters. The lowest BCUT2D eigenvalue weighted by atomic mass is 10.1. The molecule has 0 spiro atoms. The zero-order chi connectivity index (χ0) is 11.3. The van der Waals surface area contributed by atoms with Crippen molar-refractivity contribution in [1.29, 1.82) is 0 Å². The summed E-state index contributed by atoms with van der Waals surface area (Å²) in [7, 11) is 0. The Labute approximate surface area is 105 Å². The van der Waals surface area contributed by atoms with Gasteiger partial charge in [0.1, 0.15) is 0 Å². The molecule has 0 saturated carbocycles. The standard InChI is InChI=1S/C11H15BrN2S/c1-3-13-11(15)14-8(2)9-5-4-6-10(12)7-9/h4-8H,3H2,1-2H3,(H2,13,14,15). The molecule has 0 amide bonds. The van der Waals surface area contributed by atoms with Gasteiger partial charge in [0.05, 0.1) is 6.04 Å². The van der Waals surface area contributed by atoms with Crippen LogP contribution in [0.15, 0.2) is 28.7 Å². The quantitative estimate of drug-likeness (QED) is 0.836. The van der Waals surface area contributed by atoms with Crippen LogP contribution in [0, 0.1) is 0 Å². The molecule has 0 radical (unpaired) electrons. The summed E-state index contributed by atoms with van der Waals surface area (Å²) in [6.07, 6.45) is 0. The van der Waals surface area contributed by atoms with Crippen LogP contribution in [0.4, 0.5) is 0 Å². The van der Waals surface area contributed by atoms with Gasteiger partial charge in [-0.2, -0.15) is 0 Å². The van der Waals surface area contributed by atoms with E-state index in [4.69, 9.17) is 12.2 Å². The molecule has 1 unspecified atom stereocenters. The highest BCUT2D eigenvalue weighted by Gasteiger charge is 2.06. The van der Waals surface area contributed by atoms with Crippen LogP contribution in [-0.4, -0.2) is 11.7 Å². The van der Waals surface area contributed by atoms with Gasteiger partial charge in [-0.25, -0.2) is 0 Å². The van der Waals surface area contributed by atoms with E-state index in [0.29, 0.717) is 5.11 Å². The van der Waals surface area contributed by atoms with Crippen LogP contribution < -0.4 is 10.6 Å². The molecular weight excluding hydrogens is 272 g/mol. The molecule has 15 heavy (non-hydrogen) atoms. The monoisotopic (exact) mass is 286 g/mol. The second kappa shape index (κ2) is 6.08. The molecule has 1 aromatic carbocycles. The molecule has 0 fully saturated rings. The molecule has 0 heterocycles. The lowest BCUT2D eigenvalue weighted by Crippen LogP contribution is -2.36. The molecule has 1 aromatic rings. The van der Waals surface area contributed by atoms with E-state index in [1.165, 1.54) is 5.56 Å². The molecule has 0 aliphatic carbocycles. The van der Waals surface area contributed by atoms with Crippen molar-refractivity contribution in [1.82, 2.24) is 10.6 Å². The number of halogens is 1. The Morgan fingerprint density at radius 1 is 1.53 bits per heavy atom. The van der Waals surface area contributed by atoms with Gasteiger partial charge in [-0.1, -0.05) is 28.1 Å². The molecule has 0 aliphatic heterocycles. The van der Waals surface area contributed by atoms with Gasteiger partial charge in [0.15, 0.2) is 5.11 Å². The summed E-state index contributed by atoms with van der Waals surface area (Å²) in [5.74, 6) is 0. The summed E-state index contributed by atoms with van der Waals surface area (Å²) in [5.41, 5.74) is 1.21. The molecule has 2 N–H and O–H groups in total. The van der Waals surface area contributed by atoms with Gasteiger partial charge in [-0.05, 0) is 43.8 Å². The summed E-state index contributed by atoms with van der Waals surface area (Å²) in [4.78, 5) is 0. The zero-order valence-corrected chi connectivity index (χ0v) is 11.3. The van der Waals surface area contributed by atoms with E-state index in [9.17, 15) is 0 Å². The van der Waals surface area contributed by atoms with Crippen LogP contribution in [0.5, 0.6) is 0 Å². The number of nitrogens with one attached hydrogen (secondary N) is 2. The molecular formula is C11H15BrN2S. The van der Waals surface area contributed by atoms with Crippen molar-refractivity contribution < 1.29 is 0 Å². The summed E-state index contributed by atoms with van der Waals surface area (Å²) >= 11 is 8.58. The van der Waals surface area contributed by atoms with E-state index < -0.39 is 0 Å². The first-order valence-corrected chi connectivity index (χ1v) is 6.13. The van der Waals surface area contributed by atoms with Crippen LogP contribution in [-0.2, 0) is 0 Å². The van der Waals surface area contributed by atoms with E-state index in [-0.39, 0.29) is 6.04 Å². The molecule has 1 rings (SSSR count). The van der Waals surface area contributed by atoms with Crippen molar-refractivity contribution in [2.45, 2.75) is 19.9 Å². The smallest absolute Gasteiger partial charge is 0.166 e. The molecule has 0 aliphatic rings. The Bertz CT molecular complexity index is 341. The van der Waals surface area contributed by atoms with Gasteiger partial charge in [0.25, 0.3) is 0 Å². The maximum atomic E-state index is 5.13. The van der Waals surface area contributed by atoms with E-state index in [0.717, 1.165) is 11.0 Å². The number of hydrogen-bond donors (Lipinski definition) is 2. The second-order valence-corrected chi connectivity index (χ2v) is 4.60. The minimum Gasteiger partial charge on any atom is -0.363 e. The molecule has 2 nitrogen and oxygen atoms in total. The molecule has 82 valence electrons. The Balaban J connectivity index is 2.60. The summed E-state index contributed by atoms with van der Waals surface area (Å²) in [6.45, 7) is 4.96. The number of rotatable bonds is 3. The van der Waals surface area contributed by atoms with Gasteiger partial charge in [0.2, 0.25) is 0 Å².